The molecule has 11 heteroatoms. The lowest BCUT2D eigenvalue weighted by Crippen LogP contribution is -2.47. The summed E-state index contributed by atoms with van der Waals surface area (Å²) < 4.78 is 83.2. The van der Waals surface area contributed by atoms with E-state index in [1.165, 1.54) is 0 Å². The molecule has 0 bridgehead atoms. The molecule has 0 aromatic rings. The number of amides is 1. The second kappa shape index (κ2) is 3.65. The number of halogens is 8. The van der Waals surface area contributed by atoms with Crippen molar-refractivity contribution in [2.75, 3.05) is 11.9 Å². The predicted molar refractivity (Wildman–Crippen MR) is 49.5 cm³/mol. The molecule has 0 saturated heterocycles. The van der Waals surface area contributed by atoms with Crippen LogP contribution in [0.1, 0.15) is 6.42 Å². The van der Waals surface area contributed by atoms with Crippen LogP contribution in [0.25, 0.3) is 0 Å². The van der Waals surface area contributed by atoms with E-state index in [1.807, 2.05) is 0 Å². The van der Waals surface area contributed by atoms with Crippen LogP contribution in [0.4, 0.5) is 28.2 Å². The first kappa shape index (κ1) is 15.8. The summed E-state index contributed by atoms with van der Waals surface area (Å²) >= 11 is 2.81. The maximum Gasteiger partial charge on any atom is 0.458 e. The minimum Gasteiger partial charge on any atom is -0.350 e. The van der Waals surface area contributed by atoms with Crippen molar-refractivity contribution >= 4 is 32.1 Å². The topological polar surface area (TPSA) is 29.1 Å². The largest absolute Gasteiger partial charge is 0.458 e. The van der Waals surface area contributed by atoms with Crippen LogP contribution in [0.15, 0.2) is 0 Å². The number of carbonyl (C=O) groups is 1. The van der Waals surface area contributed by atoms with E-state index in [9.17, 15) is 33.0 Å². The lowest BCUT2D eigenvalue weighted by molar-refractivity contribution is -0.138. The van der Waals surface area contributed by atoms with Crippen LogP contribution in [0.3, 0.4) is 0 Å². The van der Waals surface area contributed by atoms with Gasteiger partial charge in [-0.2, -0.15) is 8.78 Å². The Balaban J connectivity index is 4.89. The van der Waals surface area contributed by atoms with Crippen molar-refractivity contribution in [3.8, 4) is 0 Å². The lowest BCUT2D eigenvalue weighted by atomic mass is 10.4. The number of rotatable bonds is 5. The molecule has 0 spiro atoms. The Hall–Kier alpha value is -0.190. The van der Waals surface area contributed by atoms with Gasteiger partial charge in [-0.3, -0.25) is 4.79 Å². The fourth-order valence-electron chi connectivity index (χ4n) is 0.547. The van der Waals surface area contributed by atoms with E-state index in [1.54, 1.807) is 0 Å². The zero-order chi connectivity index (χ0) is 13.3. The van der Waals surface area contributed by atoms with Crippen molar-refractivity contribution in [1.29, 1.82) is 0 Å². The minimum atomic E-state index is -11.2. The average molecular weight is 342 g/mol. The molecule has 0 radical (unpaired) electrons. The molecule has 0 heterocycles. The van der Waals surface area contributed by atoms with E-state index in [-0.39, 0.29) is 11.8 Å². The number of alkyl halides is 3. The Morgan fingerprint density at radius 1 is 1.19 bits per heavy atom. The van der Waals surface area contributed by atoms with Crippen LogP contribution in [-0.4, -0.2) is 23.0 Å². The molecule has 0 atom stereocenters. The Morgan fingerprint density at radius 3 is 1.94 bits per heavy atom. The third-order valence-corrected chi connectivity index (χ3v) is 3.06. The van der Waals surface area contributed by atoms with Gasteiger partial charge >= 0.3 is 21.4 Å². The monoisotopic (exact) mass is 341 g/mol. The maximum absolute atomic E-state index is 12.3. The molecule has 1 N–H and O–H groups in total. The van der Waals surface area contributed by atoms with Gasteiger partial charge in [0.05, 0.1) is 0 Å². The highest BCUT2D eigenvalue weighted by atomic mass is 79.9. The Labute approximate surface area is 94.4 Å². The van der Waals surface area contributed by atoms with E-state index < -0.39 is 27.9 Å². The normalized spacial score (nSPS) is 17.5. The van der Waals surface area contributed by atoms with Crippen LogP contribution < -0.4 is 5.32 Å². The highest BCUT2D eigenvalue weighted by Crippen LogP contribution is 3.04. The van der Waals surface area contributed by atoms with Crippen LogP contribution in [0.2, 0.25) is 0 Å². The highest BCUT2D eigenvalue weighted by molar-refractivity contribution is 9.09. The van der Waals surface area contributed by atoms with E-state index in [2.05, 4.69) is 15.9 Å². The van der Waals surface area contributed by atoms with Gasteiger partial charge in [-0.15, -0.1) is 0 Å². The molecule has 16 heavy (non-hydrogen) atoms. The Kier molecular flexibility index (Phi) is 3.61. The molecule has 0 aliphatic rings. The second-order valence-electron chi connectivity index (χ2n) is 2.78. The number of hydrogen-bond donors (Lipinski definition) is 1. The van der Waals surface area contributed by atoms with E-state index in [0.717, 1.165) is 5.32 Å². The third kappa shape index (κ3) is 3.40. The fraction of sp³-hybridized carbons (Fsp3) is 0.800. The molecule has 0 aromatic carbocycles. The highest BCUT2D eigenvalue weighted by Gasteiger charge is 2.86. The van der Waals surface area contributed by atoms with Crippen LogP contribution >= 0.6 is 26.2 Å². The van der Waals surface area contributed by atoms with Gasteiger partial charge in [0.15, 0.2) is 0 Å². The molecular weight excluding hydrogens is 335 g/mol. The molecular formula is C5H7BrF7NOS. The van der Waals surface area contributed by atoms with Gasteiger partial charge in [0.2, 0.25) is 0 Å². The summed E-state index contributed by atoms with van der Waals surface area (Å²) in [5.74, 6) is -3.03. The average Bonchev–Trinajstić information content (AvgIpc) is 1.99. The molecule has 0 fully saturated rings. The predicted octanol–water partition coefficient (Wildman–Crippen LogP) is 3.78. The van der Waals surface area contributed by atoms with Crippen molar-refractivity contribution in [2.24, 2.45) is 0 Å². The standard InChI is InChI=1S/C5H7BrF7NOS/c6-2-1-3-14-4(15)5(7,8)16(9,10,11,12)13/h1-3H2,(H,14,15). The Bertz CT molecular complexity index is 287. The van der Waals surface area contributed by atoms with Gasteiger partial charge in [-0.25, -0.2) is 0 Å². The summed E-state index contributed by atoms with van der Waals surface area (Å²) in [6.45, 7) is -0.562. The first-order chi connectivity index (χ1) is 6.73. The summed E-state index contributed by atoms with van der Waals surface area (Å²) in [4.78, 5) is 10.3. The number of hydrogen-bond acceptors (Lipinski definition) is 1. The van der Waals surface area contributed by atoms with E-state index in [0.29, 0.717) is 0 Å². The third-order valence-electron chi connectivity index (χ3n) is 1.34. The quantitative estimate of drug-likeness (QED) is 0.460. The smallest absolute Gasteiger partial charge is 0.350 e. The molecule has 0 aliphatic heterocycles. The van der Waals surface area contributed by atoms with Gasteiger partial charge in [0, 0.05) is 11.9 Å². The Morgan fingerprint density at radius 2 is 1.62 bits per heavy atom. The minimum absolute atomic E-state index is 0.0299. The second-order valence-corrected chi connectivity index (χ2v) is 6.03. The molecule has 0 saturated carbocycles. The van der Waals surface area contributed by atoms with Gasteiger partial charge < -0.3 is 5.32 Å². The molecule has 0 rings (SSSR count). The summed E-state index contributed by atoms with van der Waals surface area (Å²) in [6, 6.07) is 0. The van der Waals surface area contributed by atoms with Crippen molar-refractivity contribution < 1.29 is 33.0 Å². The van der Waals surface area contributed by atoms with Crippen LogP contribution in [-0.2, 0) is 4.79 Å². The summed E-state index contributed by atoms with van der Waals surface area (Å²) in [7, 11) is -11.2. The van der Waals surface area contributed by atoms with Gasteiger partial charge in [0.1, 0.15) is 0 Å². The SMILES string of the molecule is O=C(NCCCBr)C(F)(F)S(F)(F)(F)(F)F. The van der Waals surface area contributed by atoms with Crippen molar-refractivity contribution in [3.63, 3.8) is 0 Å². The molecule has 0 aliphatic carbocycles. The molecule has 0 unspecified atom stereocenters. The number of carbonyl (C=O) groups excluding carboxylic acids is 1. The molecule has 0 aromatic heterocycles. The first-order valence-corrected chi connectivity index (χ1v) is 6.75. The summed E-state index contributed by atoms with van der Waals surface area (Å²) in [5, 5.41) is -5.35. The van der Waals surface area contributed by atoms with Crippen molar-refractivity contribution in [3.05, 3.63) is 0 Å². The summed E-state index contributed by atoms with van der Waals surface area (Å²) in [5.41, 5.74) is 0. The fourth-order valence-corrected chi connectivity index (χ4v) is 1.25. The van der Waals surface area contributed by atoms with Gasteiger partial charge in [-0.05, 0) is 6.42 Å². The van der Waals surface area contributed by atoms with E-state index in [4.69, 9.17) is 0 Å². The van der Waals surface area contributed by atoms with Crippen molar-refractivity contribution in [2.45, 2.75) is 11.7 Å². The number of nitrogens with one attached hydrogen (secondary N) is 1. The van der Waals surface area contributed by atoms with Crippen molar-refractivity contribution in [1.82, 2.24) is 5.32 Å². The summed E-state index contributed by atoms with van der Waals surface area (Å²) in [6.07, 6.45) is 0.0299. The maximum atomic E-state index is 12.3. The van der Waals surface area contributed by atoms with Crippen LogP contribution in [0, 0.1) is 0 Å². The molecule has 2 nitrogen and oxygen atoms in total. The van der Waals surface area contributed by atoms with Crippen LogP contribution in [0.5, 0.6) is 0 Å². The van der Waals surface area contributed by atoms with Gasteiger partial charge in [0.25, 0.3) is 0 Å². The zero-order valence-electron chi connectivity index (χ0n) is 7.46. The van der Waals surface area contributed by atoms with Gasteiger partial charge in [-0.1, -0.05) is 35.4 Å². The molecule has 1 amide bonds. The first-order valence-electron chi connectivity index (χ1n) is 3.68. The van der Waals surface area contributed by atoms with E-state index >= 15 is 0 Å². The lowest BCUT2D eigenvalue weighted by Gasteiger charge is -2.44. The zero-order valence-corrected chi connectivity index (χ0v) is 9.86. The molecule has 100 valence electrons.